The van der Waals surface area contributed by atoms with Crippen molar-refractivity contribution in [1.29, 1.82) is 0 Å². The number of rotatable bonds is 11. The molecule has 7 heteroatoms. The van der Waals surface area contributed by atoms with E-state index in [-0.39, 0.29) is 13.2 Å². The largest absolute Gasteiger partial charge is 0.480 e. The minimum atomic E-state index is -0.867. The fraction of sp³-hybridized carbons (Fsp3) is 0.889. The summed E-state index contributed by atoms with van der Waals surface area (Å²) in [5.41, 5.74) is 0. The van der Waals surface area contributed by atoms with Gasteiger partial charge in [0.05, 0.1) is 0 Å². The molecular formula is C9H19NO4S2. The van der Waals surface area contributed by atoms with Crippen molar-refractivity contribution in [2.75, 3.05) is 31.3 Å². The Kier molecular flexibility index (Phi) is 11.6. The minimum absolute atomic E-state index is 0.0672. The molecular weight excluding hydrogens is 250 g/mol. The van der Waals surface area contributed by atoms with Gasteiger partial charge in [0.2, 0.25) is 0 Å². The molecule has 0 aromatic heterocycles. The number of carbonyl (C=O) groups is 1. The molecule has 16 heavy (non-hydrogen) atoms. The second-order valence-corrected chi connectivity index (χ2v) is 5.73. The van der Waals surface area contributed by atoms with Crippen molar-refractivity contribution in [3.63, 3.8) is 0 Å². The highest BCUT2D eigenvalue weighted by molar-refractivity contribution is 8.76. The van der Waals surface area contributed by atoms with Crippen LogP contribution in [0.2, 0.25) is 0 Å². The van der Waals surface area contributed by atoms with Crippen molar-refractivity contribution in [3.8, 4) is 0 Å². The Labute approximate surface area is 103 Å². The lowest BCUT2D eigenvalue weighted by atomic mass is 10.3. The highest BCUT2D eigenvalue weighted by Crippen LogP contribution is 2.22. The van der Waals surface area contributed by atoms with Crippen LogP contribution in [0.3, 0.4) is 0 Å². The van der Waals surface area contributed by atoms with Gasteiger partial charge >= 0.3 is 5.97 Å². The Morgan fingerprint density at radius 1 is 1.19 bits per heavy atom. The molecule has 0 aliphatic carbocycles. The normalized spacial score (nSPS) is 12.6. The van der Waals surface area contributed by atoms with Crippen LogP contribution in [0.4, 0.5) is 0 Å². The third kappa shape index (κ3) is 9.29. The summed E-state index contributed by atoms with van der Waals surface area (Å²) in [6, 6.07) is -0.571. The quantitative estimate of drug-likeness (QED) is 0.314. The summed E-state index contributed by atoms with van der Waals surface area (Å²) in [4.78, 5) is 10.8. The molecule has 0 saturated carbocycles. The molecule has 0 heterocycles. The molecule has 0 fully saturated rings. The number of aliphatic hydroxyl groups is 2. The summed E-state index contributed by atoms with van der Waals surface area (Å²) in [7, 11) is 3.05. The summed E-state index contributed by atoms with van der Waals surface area (Å²) in [6.07, 6.45) is 1.29. The smallest absolute Gasteiger partial charge is 0.321 e. The van der Waals surface area contributed by atoms with E-state index in [9.17, 15) is 4.79 Å². The maximum absolute atomic E-state index is 10.8. The predicted octanol–water partition coefficient (Wildman–Crippen LogP) is 0.175. The SMILES string of the molecule is O=C(O)[C@H](CSSCCCO)NCCCO. The average Bonchev–Trinajstić information content (AvgIpc) is 2.26. The van der Waals surface area contributed by atoms with Crippen LogP contribution in [-0.2, 0) is 4.79 Å². The van der Waals surface area contributed by atoms with Crippen LogP contribution in [0.1, 0.15) is 12.8 Å². The predicted molar refractivity (Wildman–Crippen MR) is 67.7 cm³/mol. The zero-order valence-electron chi connectivity index (χ0n) is 9.09. The topological polar surface area (TPSA) is 89.8 Å². The average molecular weight is 269 g/mol. The number of hydrogen-bond donors (Lipinski definition) is 4. The molecule has 0 aliphatic rings. The van der Waals surface area contributed by atoms with Gasteiger partial charge in [0.25, 0.3) is 0 Å². The van der Waals surface area contributed by atoms with Crippen molar-refractivity contribution in [2.45, 2.75) is 18.9 Å². The van der Waals surface area contributed by atoms with Crippen molar-refractivity contribution in [2.24, 2.45) is 0 Å². The summed E-state index contributed by atoms with van der Waals surface area (Å²) < 4.78 is 0. The van der Waals surface area contributed by atoms with Gasteiger partial charge in [-0.3, -0.25) is 4.79 Å². The van der Waals surface area contributed by atoms with Gasteiger partial charge in [-0.25, -0.2) is 0 Å². The molecule has 0 aromatic carbocycles. The number of carboxylic acid groups (broad SMARTS) is 1. The maximum atomic E-state index is 10.8. The molecule has 0 aromatic rings. The van der Waals surface area contributed by atoms with Crippen LogP contribution in [0.5, 0.6) is 0 Å². The van der Waals surface area contributed by atoms with E-state index in [1.54, 1.807) is 10.8 Å². The van der Waals surface area contributed by atoms with E-state index in [2.05, 4.69) is 5.32 Å². The fourth-order valence-corrected chi connectivity index (χ4v) is 3.13. The van der Waals surface area contributed by atoms with E-state index in [1.807, 2.05) is 0 Å². The van der Waals surface area contributed by atoms with E-state index >= 15 is 0 Å². The van der Waals surface area contributed by atoms with Crippen LogP contribution >= 0.6 is 21.6 Å². The van der Waals surface area contributed by atoms with Crippen LogP contribution in [-0.4, -0.2) is 58.6 Å². The lowest BCUT2D eigenvalue weighted by molar-refractivity contribution is -0.138. The van der Waals surface area contributed by atoms with Gasteiger partial charge in [0.15, 0.2) is 0 Å². The van der Waals surface area contributed by atoms with Gasteiger partial charge in [0.1, 0.15) is 6.04 Å². The first-order valence-corrected chi connectivity index (χ1v) is 7.63. The minimum Gasteiger partial charge on any atom is -0.480 e. The molecule has 0 rings (SSSR count). The van der Waals surface area contributed by atoms with Crippen LogP contribution in [0.25, 0.3) is 0 Å². The van der Waals surface area contributed by atoms with Crippen molar-refractivity contribution < 1.29 is 20.1 Å². The fourth-order valence-electron chi connectivity index (χ4n) is 0.871. The molecule has 1 atom stereocenters. The number of nitrogens with one attached hydrogen (secondary N) is 1. The Morgan fingerprint density at radius 2 is 1.88 bits per heavy atom. The van der Waals surface area contributed by atoms with Crippen LogP contribution in [0.15, 0.2) is 0 Å². The van der Waals surface area contributed by atoms with Crippen molar-refractivity contribution in [3.05, 3.63) is 0 Å². The van der Waals surface area contributed by atoms with E-state index in [0.717, 1.165) is 12.2 Å². The number of carboxylic acids is 1. The molecule has 96 valence electrons. The van der Waals surface area contributed by atoms with Crippen LogP contribution < -0.4 is 5.32 Å². The second kappa shape index (κ2) is 11.5. The second-order valence-electron chi connectivity index (χ2n) is 3.11. The van der Waals surface area contributed by atoms with E-state index < -0.39 is 12.0 Å². The van der Waals surface area contributed by atoms with E-state index in [1.165, 1.54) is 10.8 Å². The third-order valence-electron chi connectivity index (χ3n) is 1.73. The summed E-state index contributed by atoms with van der Waals surface area (Å²) in [6.45, 7) is 0.748. The summed E-state index contributed by atoms with van der Waals surface area (Å²) in [5.74, 6) is 0.439. The monoisotopic (exact) mass is 269 g/mol. The van der Waals surface area contributed by atoms with Gasteiger partial charge in [-0.05, 0) is 19.4 Å². The molecule has 0 spiro atoms. The maximum Gasteiger partial charge on any atom is 0.321 e. The number of aliphatic carboxylic acids is 1. The summed E-state index contributed by atoms with van der Waals surface area (Å²) in [5, 5.41) is 28.9. The van der Waals surface area contributed by atoms with Gasteiger partial charge in [-0.2, -0.15) is 0 Å². The molecule has 0 aliphatic heterocycles. The Hall–Kier alpha value is 0.0500. The first-order chi connectivity index (χ1) is 7.72. The van der Waals surface area contributed by atoms with Crippen molar-refractivity contribution >= 4 is 27.6 Å². The molecule has 0 bridgehead atoms. The van der Waals surface area contributed by atoms with Gasteiger partial charge in [0, 0.05) is 24.7 Å². The molecule has 0 unspecified atom stereocenters. The Balaban J connectivity index is 3.56. The molecule has 5 nitrogen and oxygen atoms in total. The van der Waals surface area contributed by atoms with Crippen molar-refractivity contribution in [1.82, 2.24) is 5.32 Å². The van der Waals surface area contributed by atoms with Gasteiger partial charge in [-0.1, -0.05) is 21.6 Å². The summed E-state index contributed by atoms with van der Waals surface area (Å²) >= 11 is 0. The third-order valence-corrected chi connectivity index (χ3v) is 4.23. The molecule has 4 N–H and O–H groups in total. The molecule has 0 saturated heterocycles. The lowest BCUT2D eigenvalue weighted by Crippen LogP contribution is -2.39. The molecule has 0 radical (unpaired) electrons. The number of aliphatic hydroxyl groups excluding tert-OH is 2. The van der Waals surface area contributed by atoms with Crippen LogP contribution in [0, 0.1) is 0 Å². The zero-order valence-corrected chi connectivity index (χ0v) is 10.7. The highest BCUT2D eigenvalue weighted by Gasteiger charge is 2.16. The Bertz CT molecular complexity index is 183. The first kappa shape index (κ1) is 16.1. The van der Waals surface area contributed by atoms with E-state index in [0.29, 0.717) is 18.7 Å². The van der Waals surface area contributed by atoms with Gasteiger partial charge in [-0.15, -0.1) is 0 Å². The molecule has 0 amide bonds. The van der Waals surface area contributed by atoms with Gasteiger partial charge < -0.3 is 20.6 Å². The van der Waals surface area contributed by atoms with E-state index in [4.69, 9.17) is 15.3 Å². The Morgan fingerprint density at radius 3 is 2.44 bits per heavy atom. The number of hydrogen-bond acceptors (Lipinski definition) is 6. The first-order valence-electron chi connectivity index (χ1n) is 5.14. The lowest BCUT2D eigenvalue weighted by Gasteiger charge is -2.13. The highest BCUT2D eigenvalue weighted by atomic mass is 33.1. The zero-order chi connectivity index (χ0) is 12.2. The standard InChI is InChI=1S/C9H19NO4S2/c11-4-1-3-10-8(9(13)14)7-16-15-6-2-5-12/h8,10-12H,1-7H2,(H,13,14)/t8-/m0/s1.